The molecule has 4 heteroatoms. The van der Waals surface area contributed by atoms with Crippen LogP contribution in [0.1, 0.15) is 39.0 Å². The summed E-state index contributed by atoms with van der Waals surface area (Å²) in [5.74, 6) is 0.352. The molecule has 1 aromatic heterocycles. The normalized spacial score (nSPS) is 11.6. The Balaban J connectivity index is 2.31. The minimum Gasteiger partial charge on any atom is -0.460 e. The monoisotopic (exact) mass is 291 g/mol. The second kappa shape index (κ2) is 5.88. The van der Waals surface area contributed by atoms with Gasteiger partial charge < -0.3 is 9.32 Å². The summed E-state index contributed by atoms with van der Waals surface area (Å²) in [5.41, 5.74) is 1.46. The standard InChI is InChI=1S/C17H22FNO2/c1-10(2)19(11(3)4)17(20)9-16-12(5)14-8-13(18)6-7-15(14)21-16/h6-8,10-11H,9H2,1-5H3. The molecule has 0 saturated carbocycles. The molecule has 0 N–H and O–H groups in total. The second-order valence-electron chi connectivity index (χ2n) is 5.96. The molecule has 2 rings (SSSR count). The molecule has 0 bridgehead atoms. The fourth-order valence-electron chi connectivity index (χ4n) is 2.81. The Morgan fingerprint density at radius 2 is 1.86 bits per heavy atom. The highest BCUT2D eigenvalue weighted by atomic mass is 19.1. The van der Waals surface area contributed by atoms with Crippen LogP contribution in [0.5, 0.6) is 0 Å². The molecule has 0 aliphatic carbocycles. The first-order chi connectivity index (χ1) is 9.81. The number of rotatable bonds is 4. The van der Waals surface area contributed by atoms with E-state index in [1.54, 1.807) is 6.07 Å². The zero-order valence-corrected chi connectivity index (χ0v) is 13.2. The summed E-state index contributed by atoms with van der Waals surface area (Å²) in [6.07, 6.45) is 0.207. The maximum Gasteiger partial charge on any atom is 0.230 e. The number of hydrogen-bond donors (Lipinski definition) is 0. The largest absolute Gasteiger partial charge is 0.460 e. The number of benzene rings is 1. The quantitative estimate of drug-likeness (QED) is 0.851. The number of aryl methyl sites for hydroxylation is 1. The third-order valence-electron chi connectivity index (χ3n) is 3.71. The second-order valence-corrected chi connectivity index (χ2v) is 5.96. The van der Waals surface area contributed by atoms with E-state index in [9.17, 15) is 9.18 Å². The third kappa shape index (κ3) is 3.09. The average molecular weight is 291 g/mol. The third-order valence-corrected chi connectivity index (χ3v) is 3.71. The SMILES string of the molecule is Cc1c(CC(=O)N(C(C)C)C(C)C)oc2ccc(F)cc12. The van der Waals surface area contributed by atoms with Crippen LogP contribution in [-0.2, 0) is 11.2 Å². The van der Waals surface area contributed by atoms with Crippen molar-refractivity contribution in [2.75, 3.05) is 0 Å². The molecule has 0 fully saturated rings. The molecule has 0 spiro atoms. The summed E-state index contributed by atoms with van der Waals surface area (Å²) in [6.45, 7) is 9.86. The Morgan fingerprint density at radius 1 is 1.24 bits per heavy atom. The van der Waals surface area contributed by atoms with E-state index in [2.05, 4.69) is 0 Å². The molecule has 1 amide bonds. The van der Waals surface area contributed by atoms with Crippen molar-refractivity contribution in [1.29, 1.82) is 0 Å². The molecule has 0 aliphatic heterocycles. The molecule has 0 unspecified atom stereocenters. The number of hydrogen-bond acceptors (Lipinski definition) is 2. The minimum absolute atomic E-state index is 0.0302. The first-order valence-electron chi connectivity index (χ1n) is 7.30. The number of furan rings is 1. The van der Waals surface area contributed by atoms with Crippen molar-refractivity contribution in [1.82, 2.24) is 4.90 Å². The Hall–Kier alpha value is -1.84. The van der Waals surface area contributed by atoms with Crippen molar-refractivity contribution in [2.24, 2.45) is 0 Å². The zero-order valence-electron chi connectivity index (χ0n) is 13.2. The smallest absolute Gasteiger partial charge is 0.230 e. The molecule has 3 nitrogen and oxygen atoms in total. The van der Waals surface area contributed by atoms with Gasteiger partial charge in [-0.25, -0.2) is 4.39 Å². The Bertz CT molecular complexity index is 650. The van der Waals surface area contributed by atoms with Gasteiger partial charge in [0.25, 0.3) is 0 Å². The highest BCUT2D eigenvalue weighted by Crippen LogP contribution is 2.27. The summed E-state index contributed by atoms with van der Waals surface area (Å²) in [7, 11) is 0. The van der Waals surface area contributed by atoms with Crippen LogP contribution >= 0.6 is 0 Å². The van der Waals surface area contributed by atoms with E-state index in [4.69, 9.17) is 4.42 Å². The first kappa shape index (κ1) is 15.5. The van der Waals surface area contributed by atoms with E-state index in [1.807, 2.05) is 39.5 Å². The Morgan fingerprint density at radius 3 is 2.43 bits per heavy atom. The minimum atomic E-state index is -0.296. The highest BCUT2D eigenvalue weighted by molar-refractivity contribution is 5.85. The van der Waals surface area contributed by atoms with Crippen molar-refractivity contribution in [3.05, 3.63) is 35.3 Å². The van der Waals surface area contributed by atoms with Crippen LogP contribution < -0.4 is 0 Å². The van der Waals surface area contributed by atoms with E-state index in [0.29, 0.717) is 11.3 Å². The van der Waals surface area contributed by atoms with Crippen molar-refractivity contribution in [2.45, 2.75) is 53.1 Å². The van der Waals surface area contributed by atoms with Crippen molar-refractivity contribution in [3.8, 4) is 0 Å². The summed E-state index contributed by atoms with van der Waals surface area (Å²) in [5, 5.41) is 0.735. The van der Waals surface area contributed by atoms with E-state index in [1.165, 1.54) is 12.1 Å². The lowest BCUT2D eigenvalue weighted by atomic mass is 10.1. The fraction of sp³-hybridized carbons (Fsp3) is 0.471. The molecule has 1 heterocycles. The van der Waals surface area contributed by atoms with Crippen LogP contribution in [-0.4, -0.2) is 22.9 Å². The van der Waals surface area contributed by atoms with Gasteiger partial charge in [-0.1, -0.05) is 0 Å². The van der Waals surface area contributed by atoms with Crippen molar-refractivity contribution >= 4 is 16.9 Å². The lowest BCUT2D eigenvalue weighted by Crippen LogP contribution is -2.42. The number of halogens is 1. The molecule has 2 aromatic rings. The average Bonchev–Trinajstić information content (AvgIpc) is 2.65. The molecule has 0 aliphatic rings. The maximum absolute atomic E-state index is 13.3. The van der Waals surface area contributed by atoms with E-state index in [-0.39, 0.29) is 30.2 Å². The number of carbonyl (C=O) groups is 1. The van der Waals surface area contributed by atoms with Crippen LogP contribution in [0.4, 0.5) is 4.39 Å². The summed E-state index contributed by atoms with van der Waals surface area (Å²) < 4.78 is 19.0. The Kier molecular flexibility index (Phi) is 4.35. The number of carbonyl (C=O) groups excluding carboxylic acids is 1. The molecule has 0 saturated heterocycles. The molecular formula is C17H22FNO2. The van der Waals surface area contributed by atoms with Gasteiger partial charge >= 0.3 is 0 Å². The summed E-state index contributed by atoms with van der Waals surface area (Å²) >= 11 is 0. The predicted molar refractivity (Wildman–Crippen MR) is 81.7 cm³/mol. The summed E-state index contributed by atoms with van der Waals surface area (Å²) in [4.78, 5) is 14.3. The van der Waals surface area contributed by atoms with E-state index in [0.717, 1.165) is 10.9 Å². The Labute approximate surface area is 124 Å². The van der Waals surface area contributed by atoms with Gasteiger partial charge in [0.05, 0.1) is 6.42 Å². The van der Waals surface area contributed by atoms with Gasteiger partial charge in [0, 0.05) is 17.5 Å². The van der Waals surface area contributed by atoms with Gasteiger partial charge in [0.2, 0.25) is 5.91 Å². The van der Waals surface area contributed by atoms with Crippen molar-refractivity contribution < 1.29 is 13.6 Å². The lowest BCUT2D eigenvalue weighted by molar-refractivity contribution is -0.134. The maximum atomic E-state index is 13.3. The van der Waals surface area contributed by atoms with Crippen LogP contribution in [0.2, 0.25) is 0 Å². The van der Waals surface area contributed by atoms with Crippen molar-refractivity contribution in [3.63, 3.8) is 0 Å². The van der Waals surface area contributed by atoms with Crippen LogP contribution in [0.15, 0.2) is 22.6 Å². The van der Waals surface area contributed by atoms with Gasteiger partial charge in [0.1, 0.15) is 17.2 Å². The summed E-state index contributed by atoms with van der Waals surface area (Å²) in [6, 6.07) is 4.70. The first-order valence-corrected chi connectivity index (χ1v) is 7.30. The number of fused-ring (bicyclic) bond motifs is 1. The predicted octanol–water partition coefficient (Wildman–Crippen LogP) is 4.07. The lowest BCUT2D eigenvalue weighted by Gasteiger charge is -2.30. The number of nitrogens with zero attached hydrogens (tertiary/aromatic N) is 1. The fourth-order valence-corrected chi connectivity index (χ4v) is 2.81. The topological polar surface area (TPSA) is 33.5 Å². The van der Waals surface area contributed by atoms with Gasteiger partial charge in [0.15, 0.2) is 0 Å². The molecule has 114 valence electrons. The molecule has 0 radical (unpaired) electrons. The molecular weight excluding hydrogens is 269 g/mol. The van der Waals surface area contributed by atoms with Crippen LogP contribution in [0, 0.1) is 12.7 Å². The molecule has 1 aromatic carbocycles. The van der Waals surface area contributed by atoms with Gasteiger partial charge in [-0.15, -0.1) is 0 Å². The van der Waals surface area contributed by atoms with Crippen LogP contribution in [0.25, 0.3) is 11.0 Å². The van der Waals surface area contributed by atoms with Gasteiger partial charge in [-0.05, 0) is 58.4 Å². The van der Waals surface area contributed by atoms with E-state index >= 15 is 0 Å². The van der Waals surface area contributed by atoms with Gasteiger partial charge in [-0.2, -0.15) is 0 Å². The van der Waals surface area contributed by atoms with Gasteiger partial charge in [-0.3, -0.25) is 4.79 Å². The molecule has 21 heavy (non-hydrogen) atoms. The number of amides is 1. The van der Waals surface area contributed by atoms with Crippen LogP contribution in [0.3, 0.4) is 0 Å². The highest BCUT2D eigenvalue weighted by Gasteiger charge is 2.23. The van der Waals surface area contributed by atoms with E-state index < -0.39 is 0 Å². The zero-order chi connectivity index (χ0) is 15.7. The molecule has 0 atom stereocenters.